The zero-order chi connectivity index (χ0) is 29.4. The first-order valence-corrected chi connectivity index (χ1v) is 19.1. The number of unbranched alkanes of at least 4 members (excludes halogenated alkanes) is 26. The molecule has 0 aliphatic rings. The Morgan fingerprint density at radius 3 is 1.20 bits per heavy atom. The van der Waals surface area contributed by atoms with Crippen molar-refractivity contribution in [2.75, 3.05) is 6.61 Å². The van der Waals surface area contributed by atoms with E-state index >= 15 is 0 Å². The van der Waals surface area contributed by atoms with Crippen molar-refractivity contribution >= 4 is 10.4 Å². The van der Waals surface area contributed by atoms with E-state index in [0.717, 1.165) is 19.3 Å². The predicted octanol–water partition coefficient (Wildman–Crippen LogP) is 8.99. The molecule has 0 aromatic rings. The van der Waals surface area contributed by atoms with E-state index in [4.69, 9.17) is 0 Å². The van der Waals surface area contributed by atoms with E-state index in [9.17, 15) is 13.0 Å². The van der Waals surface area contributed by atoms with Crippen molar-refractivity contribution in [3.8, 4) is 0 Å². The Morgan fingerprint density at radius 1 is 0.537 bits per heavy atom. The fraction of sp³-hybridized carbons (Fsp3) is 0.943. The zero-order valence-electron chi connectivity index (χ0n) is 28.0. The summed E-state index contributed by atoms with van der Waals surface area (Å²) in [6.07, 6.45) is 42.4. The number of rotatable bonds is 33. The maximum Gasteiger partial charge on any atom is 1.00 e. The summed E-state index contributed by atoms with van der Waals surface area (Å²) in [5.41, 5.74) is 0. The molecule has 0 spiro atoms. The van der Waals surface area contributed by atoms with Crippen LogP contribution in [0.1, 0.15) is 200 Å². The predicted molar refractivity (Wildman–Crippen MR) is 174 cm³/mol. The van der Waals surface area contributed by atoms with E-state index in [2.05, 4.69) is 30.2 Å². The third kappa shape index (κ3) is 39.2. The van der Waals surface area contributed by atoms with Gasteiger partial charge in [-0.05, 0) is 19.3 Å². The number of hydrogen-bond acceptors (Lipinski definition) is 4. The molecule has 0 fully saturated rings. The fourth-order valence-corrected chi connectivity index (χ4v) is 5.92. The number of allylic oxidation sites excluding steroid dienone is 1. The molecule has 1 unspecified atom stereocenters. The molecule has 0 aromatic heterocycles. The topological polar surface area (TPSA) is 66.4 Å². The summed E-state index contributed by atoms with van der Waals surface area (Å²) in [5, 5.41) is 0. The summed E-state index contributed by atoms with van der Waals surface area (Å²) in [6.45, 7) is 4.53. The van der Waals surface area contributed by atoms with Crippen LogP contribution in [0, 0.1) is 5.92 Å². The van der Waals surface area contributed by atoms with Gasteiger partial charge in [-0.1, -0.05) is 193 Å². The first kappa shape index (κ1) is 44.4. The second-order valence-electron chi connectivity index (χ2n) is 12.3. The fourth-order valence-electron chi connectivity index (χ4n) is 5.58. The summed E-state index contributed by atoms with van der Waals surface area (Å²) in [7, 11) is -4.62. The van der Waals surface area contributed by atoms with Crippen molar-refractivity contribution in [1.82, 2.24) is 0 Å². The van der Waals surface area contributed by atoms with Gasteiger partial charge in [-0.2, -0.15) is 0 Å². The molecule has 0 N–H and O–H groups in total. The molecule has 0 rings (SSSR count). The van der Waals surface area contributed by atoms with Crippen LogP contribution in [0.15, 0.2) is 12.2 Å². The Balaban J connectivity index is 0. The van der Waals surface area contributed by atoms with Crippen molar-refractivity contribution in [1.29, 1.82) is 0 Å². The third-order valence-corrected chi connectivity index (χ3v) is 8.66. The normalized spacial score (nSPS) is 12.7. The smallest absolute Gasteiger partial charge is 0.726 e. The Morgan fingerprint density at radius 2 is 0.854 bits per heavy atom. The van der Waals surface area contributed by atoms with Crippen molar-refractivity contribution in [2.24, 2.45) is 5.92 Å². The van der Waals surface area contributed by atoms with Crippen LogP contribution >= 0.6 is 0 Å². The van der Waals surface area contributed by atoms with Crippen molar-refractivity contribution in [3.63, 3.8) is 0 Å². The van der Waals surface area contributed by atoms with Gasteiger partial charge in [0, 0.05) is 5.92 Å². The van der Waals surface area contributed by atoms with Crippen LogP contribution in [0.2, 0.25) is 0 Å². The minimum absolute atomic E-state index is 0. The van der Waals surface area contributed by atoms with Crippen LogP contribution in [0.25, 0.3) is 0 Å². The van der Waals surface area contributed by atoms with E-state index in [0.29, 0.717) is 0 Å². The van der Waals surface area contributed by atoms with Crippen LogP contribution in [-0.4, -0.2) is 19.6 Å². The molecular weight excluding hydrogens is 556 g/mol. The first-order chi connectivity index (χ1) is 19.5. The molecule has 0 radical (unpaired) electrons. The van der Waals surface area contributed by atoms with Gasteiger partial charge in [0.05, 0.1) is 6.61 Å². The summed E-state index contributed by atoms with van der Waals surface area (Å²) < 4.78 is 37.4. The average molecular weight is 625 g/mol. The van der Waals surface area contributed by atoms with Crippen molar-refractivity contribution < 1.29 is 68.5 Å². The Hall–Kier alpha value is 1.25. The minimum atomic E-state index is -4.62. The molecule has 0 aliphatic carbocycles. The van der Waals surface area contributed by atoms with Gasteiger partial charge < -0.3 is 4.55 Å². The van der Waals surface area contributed by atoms with Gasteiger partial charge in [0.1, 0.15) is 0 Å². The van der Waals surface area contributed by atoms with Gasteiger partial charge in [-0.25, -0.2) is 8.42 Å². The molecule has 240 valence electrons. The molecule has 0 aliphatic heterocycles. The second kappa shape index (κ2) is 35.7. The molecule has 0 bridgehead atoms. The standard InChI is InChI=1S/C35H70O4S.K/c1-3-5-7-9-11-13-15-17-18-19-20-21-23-25-27-29-31-33-35(34-39-40(36,37)38)32-30-28-26-24-22-16-14-12-10-8-6-4-2;/h31,33,35H,3-30,32,34H2,1-2H3,(H,36,37,38);/q;+1/p-1/b33-31+;. The molecular formula is C35H69KO4S. The van der Waals surface area contributed by atoms with E-state index < -0.39 is 10.4 Å². The van der Waals surface area contributed by atoms with Crippen LogP contribution < -0.4 is 51.4 Å². The van der Waals surface area contributed by atoms with Gasteiger partial charge in [-0.15, -0.1) is 0 Å². The Bertz CT molecular complexity index is 624. The maximum absolute atomic E-state index is 10.9. The van der Waals surface area contributed by atoms with Crippen molar-refractivity contribution in [3.05, 3.63) is 12.2 Å². The zero-order valence-corrected chi connectivity index (χ0v) is 31.9. The van der Waals surface area contributed by atoms with E-state index in [-0.39, 0.29) is 63.9 Å². The SMILES string of the molecule is CCCCCCCCCCCCCCCCC/C=C/C(CCCCCCCCCCCCCC)COS(=O)(=O)[O-].[K+]. The molecule has 6 heteroatoms. The molecule has 41 heavy (non-hydrogen) atoms. The summed E-state index contributed by atoms with van der Waals surface area (Å²) >= 11 is 0. The van der Waals surface area contributed by atoms with Gasteiger partial charge in [0.25, 0.3) is 0 Å². The molecule has 4 nitrogen and oxygen atoms in total. The third-order valence-electron chi connectivity index (χ3n) is 8.24. The summed E-state index contributed by atoms with van der Waals surface area (Å²) in [5.74, 6) is 0.0168. The molecule has 0 amide bonds. The minimum Gasteiger partial charge on any atom is -0.726 e. The first-order valence-electron chi connectivity index (χ1n) is 17.8. The quantitative estimate of drug-likeness (QED) is 0.0240. The van der Waals surface area contributed by atoms with Crippen LogP contribution in [0.4, 0.5) is 0 Å². The van der Waals surface area contributed by atoms with E-state index in [1.54, 1.807) is 0 Å². The van der Waals surface area contributed by atoms with E-state index in [1.165, 1.54) is 167 Å². The van der Waals surface area contributed by atoms with Gasteiger partial charge >= 0.3 is 51.4 Å². The maximum atomic E-state index is 10.9. The van der Waals surface area contributed by atoms with Gasteiger partial charge in [0.15, 0.2) is 0 Å². The van der Waals surface area contributed by atoms with Crippen LogP contribution in [0.5, 0.6) is 0 Å². The van der Waals surface area contributed by atoms with Crippen LogP contribution in [0.3, 0.4) is 0 Å². The van der Waals surface area contributed by atoms with E-state index in [1.807, 2.05) is 0 Å². The Kier molecular flexibility index (Phi) is 38.7. The molecule has 0 heterocycles. The van der Waals surface area contributed by atoms with Crippen molar-refractivity contribution in [2.45, 2.75) is 200 Å². The largest absolute Gasteiger partial charge is 1.00 e. The monoisotopic (exact) mass is 624 g/mol. The average Bonchev–Trinajstić information content (AvgIpc) is 2.93. The molecule has 0 saturated heterocycles. The summed E-state index contributed by atoms with van der Waals surface area (Å²) in [6, 6.07) is 0. The molecule has 0 saturated carbocycles. The molecule has 0 aromatic carbocycles. The van der Waals surface area contributed by atoms with Crippen LogP contribution in [-0.2, 0) is 14.6 Å². The number of hydrogen-bond donors (Lipinski definition) is 0. The summed E-state index contributed by atoms with van der Waals surface area (Å²) in [4.78, 5) is 0. The van der Waals surface area contributed by atoms with Gasteiger partial charge in [0.2, 0.25) is 10.4 Å². The molecule has 1 atom stereocenters. The van der Waals surface area contributed by atoms with Gasteiger partial charge in [-0.3, -0.25) is 4.18 Å². The Labute approximate surface area is 300 Å². The second-order valence-corrected chi connectivity index (χ2v) is 13.3.